The molecule has 3 amide bonds. The Morgan fingerprint density at radius 3 is 2.33 bits per heavy atom. The highest BCUT2D eigenvalue weighted by atomic mass is 35.5. The Kier molecular flexibility index (Phi) is 7.51. The molecule has 2 aromatic carbocycles. The number of hydrogen-bond acceptors (Lipinski definition) is 3. The van der Waals surface area contributed by atoms with Crippen molar-refractivity contribution in [2.24, 2.45) is 0 Å². The molecule has 0 aromatic heterocycles. The Morgan fingerprint density at radius 2 is 1.70 bits per heavy atom. The van der Waals surface area contributed by atoms with Crippen LogP contribution < -0.4 is 21.7 Å². The van der Waals surface area contributed by atoms with Crippen molar-refractivity contribution in [3.8, 4) is 0 Å². The summed E-state index contributed by atoms with van der Waals surface area (Å²) in [5.74, 6) is -0.386. The molecule has 0 saturated heterocycles. The molecule has 0 saturated carbocycles. The number of rotatable bonds is 3. The summed E-state index contributed by atoms with van der Waals surface area (Å²) in [6.45, 7) is 7.50. The van der Waals surface area contributed by atoms with Crippen molar-refractivity contribution in [3.05, 3.63) is 52.5 Å². The van der Waals surface area contributed by atoms with E-state index in [-0.39, 0.29) is 40.5 Å². The van der Waals surface area contributed by atoms with E-state index in [9.17, 15) is 9.59 Å². The SMILES string of the molecule is Cc1ccc(N)cc1NC(=O)c1cc(NC(=O)NC(C)(C)C)ccc1Cl.Cl. The van der Waals surface area contributed by atoms with Gasteiger partial charge in [-0.05, 0) is 63.6 Å². The summed E-state index contributed by atoms with van der Waals surface area (Å²) in [6, 6.07) is 9.62. The fourth-order valence-corrected chi connectivity index (χ4v) is 2.45. The maximum Gasteiger partial charge on any atom is 0.319 e. The third-order valence-corrected chi connectivity index (χ3v) is 3.80. The fraction of sp³-hybridized carbons (Fsp3) is 0.263. The lowest BCUT2D eigenvalue weighted by Crippen LogP contribution is -2.43. The van der Waals surface area contributed by atoms with Crippen LogP contribution in [-0.2, 0) is 0 Å². The molecule has 2 rings (SSSR count). The molecule has 2 aromatic rings. The van der Waals surface area contributed by atoms with Gasteiger partial charge < -0.3 is 21.7 Å². The number of anilines is 3. The van der Waals surface area contributed by atoms with Gasteiger partial charge in [-0.3, -0.25) is 4.79 Å². The second-order valence-electron chi connectivity index (χ2n) is 7.05. The Balaban J connectivity index is 0.00000364. The summed E-state index contributed by atoms with van der Waals surface area (Å²) in [6.07, 6.45) is 0. The molecule has 146 valence electrons. The van der Waals surface area contributed by atoms with Crippen LogP contribution in [0.25, 0.3) is 0 Å². The number of nitrogens with two attached hydrogens (primary N) is 1. The van der Waals surface area contributed by atoms with Crippen molar-refractivity contribution >= 4 is 53.0 Å². The third-order valence-electron chi connectivity index (χ3n) is 3.47. The lowest BCUT2D eigenvalue weighted by Gasteiger charge is -2.21. The first kappa shape index (κ1) is 22.6. The van der Waals surface area contributed by atoms with E-state index in [1.54, 1.807) is 24.3 Å². The van der Waals surface area contributed by atoms with Gasteiger partial charge in [-0.1, -0.05) is 17.7 Å². The smallest absolute Gasteiger partial charge is 0.319 e. The molecule has 8 heteroatoms. The lowest BCUT2D eigenvalue weighted by atomic mass is 10.1. The van der Waals surface area contributed by atoms with Gasteiger partial charge in [-0.25, -0.2) is 4.79 Å². The van der Waals surface area contributed by atoms with Gasteiger partial charge in [0, 0.05) is 22.6 Å². The van der Waals surface area contributed by atoms with Gasteiger partial charge in [0.1, 0.15) is 0 Å². The minimum Gasteiger partial charge on any atom is -0.399 e. The van der Waals surface area contributed by atoms with E-state index >= 15 is 0 Å². The zero-order valence-corrected chi connectivity index (χ0v) is 17.2. The second-order valence-corrected chi connectivity index (χ2v) is 7.46. The number of hydrogen-bond donors (Lipinski definition) is 4. The number of benzene rings is 2. The summed E-state index contributed by atoms with van der Waals surface area (Å²) in [5, 5.41) is 8.56. The first-order chi connectivity index (χ1) is 12.0. The lowest BCUT2D eigenvalue weighted by molar-refractivity contribution is 0.102. The van der Waals surface area contributed by atoms with Crippen LogP contribution in [0.5, 0.6) is 0 Å². The maximum absolute atomic E-state index is 12.6. The average Bonchev–Trinajstić information content (AvgIpc) is 2.51. The van der Waals surface area contributed by atoms with Crippen molar-refractivity contribution in [3.63, 3.8) is 0 Å². The zero-order valence-electron chi connectivity index (χ0n) is 15.6. The molecule has 0 bridgehead atoms. The maximum atomic E-state index is 12.6. The van der Waals surface area contributed by atoms with Gasteiger partial charge in [-0.2, -0.15) is 0 Å². The summed E-state index contributed by atoms with van der Waals surface area (Å²) in [7, 11) is 0. The average molecular weight is 411 g/mol. The Hall–Kier alpha value is -2.44. The molecule has 0 aliphatic carbocycles. The first-order valence-corrected chi connectivity index (χ1v) is 8.49. The third kappa shape index (κ3) is 6.66. The quantitative estimate of drug-likeness (QED) is 0.545. The molecule has 0 aliphatic rings. The number of amides is 3. The Bertz CT molecular complexity index is 848. The minimum atomic E-state index is -0.386. The number of carbonyl (C=O) groups is 2. The summed E-state index contributed by atoms with van der Waals surface area (Å²) >= 11 is 6.16. The summed E-state index contributed by atoms with van der Waals surface area (Å²) in [4.78, 5) is 24.6. The van der Waals surface area contributed by atoms with E-state index in [4.69, 9.17) is 17.3 Å². The Labute approximate surface area is 170 Å². The highest BCUT2D eigenvalue weighted by Gasteiger charge is 2.16. The van der Waals surface area contributed by atoms with Gasteiger partial charge >= 0.3 is 6.03 Å². The van der Waals surface area contributed by atoms with Crippen LogP contribution in [0.3, 0.4) is 0 Å². The van der Waals surface area contributed by atoms with E-state index in [2.05, 4.69) is 16.0 Å². The van der Waals surface area contributed by atoms with Crippen LogP contribution in [0, 0.1) is 6.92 Å². The van der Waals surface area contributed by atoms with Crippen molar-refractivity contribution in [1.82, 2.24) is 5.32 Å². The molecule has 0 aliphatic heterocycles. The van der Waals surface area contributed by atoms with Crippen LogP contribution in [-0.4, -0.2) is 17.5 Å². The molecule has 6 nitrogen and oxygen atoms in total. The second kappa shape index (κ2) is 8.97. The first-order valence-electron chi connectivity index (χ1n) is 8.11. The number of nitrogen functional groups attached to an aromatic ring is 1. The van der Waals surface area contributed by atoms with Crippen molar-refractivity contribution < 1.29 is 9.59 Å². The number of halogens is 2. The molecule has 0 spiro atoms. The van der Waals surface area contributed by atoms with E-state index in [0.29, 0.717) is 17.1 Å². The van der Waals surface area contributed by atoms with Gasteiger partial charge in [0.15, 0.2) is 0 Å². The van der Waals surface area contributed by atoms with E-state index in [1.165, 1.54) is 6.07 Å². The van der Waals surface area contributed by atoms with Gasteiger partial charge in [0.05, 0.1) is 10.6 Å². The number of urea groups is 1. The fourth-order valence-electron chi connectivity index (χ4n) is 2.24. The Morgan fingerprint density at radius 1 is 1.04 bits per heavy atom. The number of carbonyl (C=O) groups excluding carboxylic acids is 2. The van der Waals surface area contributed by atoms with Crippen LogP contribution in [0.1, 0.15) is 36.7 Å². The minimum absolute atomic E-state index is 0. The van der Waals surface area contributed by atoms with E-state index in [1.807, 2.05) is 33.8 Å². The molecule has 0 heterocycles. The van der Waals surface area contributed by atoms with E-state index in [0.717, 1.165) is 5.56 Å². The summed E-state index contributed by atoms with van der Waals surface area (Å²) < 4.78 is 0. The van der Waals surface area contributed by atoms with Crippen molar-refractivity contribution in [2.45, 2.75) is 33.2 Å². The van der Waals surface area contributed by atoms with Gasteiger partial charge in [0.25, 0.3) is 5.91 Å². The van der Waals surface area contributed by atoms with Gasteiger partial charge in [0.2, 0.25) is 0 Å². The largest absolute Gasteiger partial charge is 0.399 e. The zero-order chi connectivity index (χ0) is 19.5. The molecule has 0 fully saturated rings. The predicted molar refractivity (Wildman–Crippen MR) is 114 cm³/mol. The molecule has 0 atom stereocenters. The van der Waals surface area contributed by atoms with Crippen LogP contribution >= 0.6 is 24.0 Å². The molecule has 5 N–H and O–H groups in total. The van der Waals surface area contributed by atoms with Crippen molar-refractivity contribution in [1.29, 1.82) is 0 Å². The molecular weight excluding hydrogens is 387 g/mol. The van der Waals surface area contributed by atoms with Gasteiger partial charge in [-0.15, -0.1) is 12.4 Å². The molecule has 0 unspecified atom stereocenters. The number of nitrogens with one attached hydrogen (secondary N) is 3. The number of aryl methyl sites for hydroxylation is 1. The highest BCUT2D eigenvalue weighted by molar-refractivity contribution is 6.34. The summed E-state index contributed by atoms with van der Waals surface area (Å²) in [5.41, 5.74) is 8.14. The standard InChI is InChI=1S/C19H23ClN4O2.ClH/c1-11-5-6-12(21)9-16(11)23-17(25)14-10-13(7-8-15(14)20)22-18(26)24-19(2,3)4;/h5-10H,21H2,1-4H3,(H,23,25)(H2,22,24,26);1H. The monoisotopic (exact) mass is 410 g/mol. The highest BCUT2D eigenvalue weighted by Crippen LogP contribution is 2.24. The molecular formula is C19H24Cl2N4O2. The van der Waals surface area contributed by atoms with E-state index < -0.39 is 0 Å². The predicted octanol–water partition coefficient (Wildman–Crippen LogP) is 4.82. The van der Waals surface area contributed by atoms with Crippen LogP contribution in [0.2, 0.25) is 5.02 Å². The molecule has 27 heavy (non-hydrogen) atoms. The van der Waals surface area contributed by atoms with Crippen LogP contribution in [0.4, 0.5) is 21.9 Å². The van der Waals surface area contributed by atoms with Crippen LogP contribution in [0.15, 0.2) is 36.4 Å². The topological polar surface area (TPSA) is 96.2 Å². The normalized spacial score (nSPS) is 10.6. The van der Waals surface area contributed by atoms with Crippen molar-refractivity contribution in [2.75, 3.05) is 16.4 Å². The molecule has 0 radical (unpaired) electrons.